The van der Waals surface area contributed by atoms with Gasteiger partial charge in [-0.15, -0.1) is 0 Å². The number of aromatic amines is 1. The second-order valence-corrected chi connectivity index (χ2v) is 9.58. The van der Waals surface area contributed by atoms with E-state index in [1.54, 1.807) is 30.5 Å². The highest BCUT2D eigenvalue weighted by atomic mass is 16.4. The molecular formula is C26H37N7O8. The summed E-state index contributed by atoms with van der Waals surface area (Å²) in [5.74, 6) is -6.21. The Hall–Kier alpha value is -4.50. The van der Waals surface area contributed by atoms with Gasteiger partial charge in [0, 0.05) is 29.9 Å². The number of aliphatic carboxylic acids is 2. The first-order chi connectivity index (χ1) is 19.4. The molecule has 0 bridgehead atoms. The number of fused-ring (bicyclic) bond motifs is 1. The zero-order valence-electron chi connectivity index (χ0n) is 22.4. The van der Waals surface area contributed by atoms with Crippen molar-refractivity contribution >= 4 is 46.5 Å². The quantitative estimate of drug-likeness (QED) is 0.0922. The van der Waals surface area contributed by atoms with Crippen LogP contribution in [0.4, 0.5) is 0 Å². The van der Waals surface area contributed by atoms with Gasteiger partial charge in [-0.1, -0.05) is 24.6 Å². The van der Waals surface area contributed by atoms with E-state index < -0.39 is 66.2 Å². The maximum absolute atomic E-state index is 13.3. The summed E-state index contributed by atoms with van der Waals surface area (Å²) in [6, 6.07) is 1.68. The zero-order valence-corrected chi connectivity index (χ0v) is 22.4. The Morgan fingerprint density at radius 1 is 0.854 bits per heavy atom. The number of hydrogen-bond donors (Lipinski definition) is 9. The topological polar surface area (TPSA) is 273 Å². The first-order valence-corrected chi connectivity index (χ1v) is 13.1. The minimum atomic E-state index is -1.58. The zero-order chi connectivity index (χ0) is 30.5. The minimum absolute atomic E-state index is 0.115. The second kappa shape index (κ2) is 15.9. The van der Waals surface area contributed by atoms with Gasteiger partial charge in [0.25, 0.3) is 0 Å². The molecule has 4 atom stereocenters. The average Bonchev–Trinajstić information content (AvgIpc) is 3.32. The van der Waals surface area contributed by atoms with Crippen LogP contribution >= 0.6 is 0 Å². The molecule has 15 heteroatoms. The van der Waals surface area contributed by atoms with Gasteiger partial charge in [0.1, 0.15) is 18.1 Å². The number of carbonyl (C=O) groups is 6. The Kier molecular flexibility index (Phi) is 12.7. The molecule has 2 aromatic rings. The molecule has 0 spiro atoms. The number of H-pyrrole nitrogens is 1. The summed E-state index contributed by atoms with van der Waals surface area (Å²) in [6.45, 7) is 0.406. The number of benzene rings is 1. The standard InChI is InChI=1S/C26H37N7O8/c27-10-4-3-6-16(28)23(37)32-20(12-22(35)36)25(39)33-19(11-14-13-30-17-7-2-1-5-15(14)17)24(38)31-18(26(40)41)8-9-21(29)34/h1-2,5,7,13,16,18-20,30H,3-4,6,8-12,27-28H2,(H2,29,34)(H,31,38)(H,32,37)(H,33,39)(H,35,36)(H,40,41). The van der Waals surface area contributed by atoms with Crippen molar-refractivity contribution in [2.45, 2.75) is 69.1 Å². The highest BCUT2D eigenvalue weighted by Gasteiger charge is 2.32. The van der Waals surface area contributed by atoms with Gasteiger partial charge in [-0.2, -0.15) is 0 Å². The molecule has 0 aliphatic heterocycles. The van der Waals surface area contributed by atoms with E-state index in [-0.39, 0.29) is 25.7 Å². The van der Waals surface area contributed by atoms with Crippen molar-refractivity contribution in [1.29, 1.82) is 0 Å². The Morgan fingerprint density at radius 3 is 2.12 bits per heavy atom. The first kappa shape index (κ1) is 32.7. The summed E-state index contributed by atoms with van der Waals surface area (Å²) in [5.41, 5.74) is 17.8. The number of amides is 4. The molecule has 0 aliphatic rings. The molecule has 2 rings (SSSR count). The van der Waals surface area contributed by atoms with Crippen LogP contribution in [0.3, 0.4) is 0 Å². The van der Waals surface area contributed by atoms with Crippen LogP contribution in [0, 0.1) is 0 Å². The summed E-state index contributed by atoms with van der Waals surface area (Å²) in [7, 11) is 0. The van der Waals surface area contributed by atoms with E-state index in [9.17, 15) is 39.0 Å². The Morgan fingerprint density at radius 2 is 1.49 bits per heavy atom. The molecule has 0 fully saturated rings. The largest absolute Gasteiger partial charge is 0.481 e. The predicted octanol–water partition coefficient (Wildman–Crippen LogP) is -1.55. The summed E-state index contributed by atoms with van der Waals surface area (Å²) < 4.78 is 0. The van der Waals surface area contributed by atoms with Gasteiger partial charge in [-0.05, 0) is 37.4 Å². The van der Waals surface area contributed by atoms with Crippen LogP contribution in [-0.4, -0.2) is 81.5 Å². The molecule has 224 valence electrons. The molecule has 0 saturated carbocycles. The van der Waals surface area contributed by atoms with Gasteiger partial charge < -0.3 is 48.3 Å². The smallest absolute Gasteiger partial charge is 0.326 e. The summed E-state index contributed by atoms with van der Waals surface area (Å²) in [6.07, 6.45) is 1.54. The molecule has 0 aliphatic carbocycles. The third kappa shape index (κ3) is 10.5. The number of unbranched alkanes of at least 4 members (excludes halogenated alkanes) is 1. The van der Waals surface area contributed by atoms with Crippen LogP contribution in [0.5, 0.6) is 0 Å². The summed E-state index contributed by atoms with van der Waals surface area (Å²) >= 11 is 0. The van der Waals surface area contributed by atoms with Gasteiger partial charge >= 0.3 is 11.9 Å². The van der Waals surface area contributed by atoms with Crippen molar-refractivity contribution in [2.24, 2.45) is 17.2 Å². The molecule has 1 aromatic carbocycles. The fourth-order valence-corrected chi connectivity index (χ4v) is 4.12. The van der Waals surface area contributed by atoms with Crippen LogP contribution in [0.15, 0.2) is 30.5 Å². The lowest BCUT2D eigenvalue weighted by Crippen LogP contribution is -2.58. The van der Waals surface area contributed by atoms with Gasteiger partial charge in [0.15, 0.2) is 0 Å². The number of primary amides is 1. The Bertz CT molecular complexity index is 1250. The van der Waals surface area contributed by atoms with E-state index in [2.05, 4.69) is 20.9 Å². The number of para-hydroxylation sites is 1. The number of nitrogens with two attached hydrogens (primary N) is 3. The molecule has 12 N–H and O–H groups in total. The molecule has 4 amide bonds. The van der Waals surface area contributed by atoms with Crippen molar-refractivity contribution < 1.29 is 39.0 Å². The molecular weight excluding hydrogens is 538 g/mol. The number of carbonyl (C=O) groups excluding carboxylic acids is 4. The van der Waals surface area contributed by atoms with Crippen molar-refractivity contribution in [1.82, 2.24) is 20.9 Å². The number of rotatable bonds is 18. The highest BCUT2D eigenvalue weighted by Crippen LogP contribution is 2.19. The lowest BCUT2D eigenvalue weighted by atomic mass is 10.0. The van der Waals surface area contributed by atoms with E-state index in [0.29, 0.717) is 24.9 Å². The number of nitrogens with one attached hydrogen (secondary N) is 4. The molecule has 1 aromatic heterocycles. The van der Waals surface area contributed by atoms with Crippen molar-refractivity contribution in [3.8, 4) is 0 Å². The van der Waals surface area contributed by atoms with Gasteiger partial charge in [-0.3, -0.25) is 24.0 Å². The van der Waals surface area contributed by atoms with Crippen molar-refractivity contribution in [2.75, 3.05) is 6.54 Å². The van der Waals surface area contributed by atoms with Crippen LogP contribution in [0.2, 0.25) is 0 Å². The molecule has 4 unspecified atom stereocenters. The van der Waals surface area contributed by atoms with E-state index in [1.807, 2.05) is 0 Å². The SMILES string of the molecule is NCCCCC(N)C(=O)NC(CC(=O)O)C(=O)NC(Cc1c[nH]c2ccccc12)C(=O)NC(CCC(N)=O)C(=O)O. The number of carboxylic acids is 2. The van der Waals surface area contributed by atoms with Crippen LogP contribution < -0.4 is 33.2 Å². The van der Waals surface area contributed by atoms with Gasteiger partial charge in [-0.25, -0.2) is 4.79 Å². The van der Waals surface area contributed by atoms with Gasteiger partial charge in [0.05, 0.1) is 12.5 Å². The first-order valence-electron chi connectivity index (χ1n) is 13.1. The minimum Gasteiger partial charge on any atom is -0.481 e. The normalized spacial score (nSPS) is 13.9. The van der Waals surface area contributed by atoms with Gasteiger partial charge in [0.2, 0.25) is 23.6 Å². The summed E-state index contributed by atoms with van der Waals surface area (Å²) in [4.78, 5) is 76.5. The fourth-order valence-electron chi connectivity index (χ4n) is 4.12. The maximum Gasteiger partial charge on any atom is 0.326 e. The predicted molar refractivity (Wildman–Crippen MR) is 147 cm³/mol. The van der Waals surface area contributed by atoms with Crippen LogP contribution in [0.25, 0.3) is 10.9 Å². The Balaban J connectivity index is 2.29. The monoisotopic (exact) mass is 575 g/mol. The molecule has 0 radical (unpaired) electrons. The number of aromatic nitrogens is 1. The maximum atomic E-state index is 13.3. The fraction of sp³-hybridized carbons (Fsp3) is 0.462. The average molecular weight is 576 g/mol. The molecule has 0 saturated heterocycles. The van der Waals surface area contributed by atoms with Crippen LogP contribution in [-0.2, 0) is 35.2 Å². The van der Waals surface area contributed by atoms with E-state index >= 15 is 0 Å². The highest BCUT2D eigenvalue weighted by molar-refractivity contribution is 5.96. The third-order valence-corrected chi connectivity index (χ3v) is 6.34. The van der Waals surface area contributed by atoms with Crippen molar-refractivity contribution in [3.05, 3.63) is 36.0 Å². The van der Waals surface area contributed by atoms with E-state index in [0.717, 1.165) is 10.9 Å². The molecule has 41 heavy (non-hydrogen) atoms. The second-order valence-electron chi connectivity index (χ2n) is 9.58. The number of carboxylic acid groups (broad SMARTS) is 2. The van der Waals surface area contributed by atoms with Crippen LogP contribution in [0.1, 0.15) is 44.1 Å². The third-order valence-electron chi connectivity index (χ3n) is 6.34. The lowest BCUT2D eigenvalue weighted by Gasteiger charge is -2.24. The molecule has 1 heterocycles. The van der Waals surface area contributed by atoms with E-state index in [1.165, 1.54) is 0 Å². The number of hydrogen-bond acceptors (Lipinski definition) is 8. The van der Waals surface area contributed by atoms with E-state index in [4.69, 9.17) is 17.2 Å². The summed E-state index contributed by atoms with van der Waals surface area (Å²) in [5, 5.41) is 26.7. The molecule has 15 nitrogen and oxygen atoms in total. The van der Waals surface area contributed by atoms with Crippen molar-refractivity contribution in [3.63, 3.8) is 0 Å². The lowest BCUT2D eigenvalue weighted by molar-refractivity contribution is -0.143. The Labute approximate surface area is 235 Å².